The first-order valence-corrected chi connectivity index (χ1v) is 10.2. The van der Waals surface area contributed by atoms with Gasteiger partial charge >= 0.3 is 0 Å². The van der Waals surface area contributed by atoms with Gasteiger partial charge in [0.1, 0.15) is 5.82 Å². The maximum absolute atomic E-state index is 12.9. The molecule has 7 heteroatoms. The average Bonchev–Trinajstić information content (AvgIpc) is 3.17. The first-order chi connectivity index (χ1) is 14.6. The molecule has 0 atom stereocenters. The molecule has 2 heterocycles. The van der Waals surface area contributed by atoms with E-state index in [0.29, 0.717) is 44.7 Å². The van der Waals surface area contributed by atoms with Crippen LogP contribution in [-0.2, 0) is 16.0 Å². The Morgan fingerprint density at radius 2 is 1.73 bits per heavy atom. The number of fused-ring (bicyclic) bond motifs is 1. The summed E-state index contributed by atoms with van der Waals surface area (Å²) in [5.41, 5.74) is 2.83. The minimum absolute atomic E-state index is 0.138. The van der Waals surface area contributed by atoms with Crippen molar-refractivity contribution in [3.63, 3.8) is 0 Å². The average molecular weight is 408 g/mol. The van der Waals surface area contributed by atoms with E-state index in [1.54, 1.807) is 0 Å². The molecule has 6 nitrogen and oxygen atoms in total. The lowest BCUT2D eigenvalue weighted by atomic mass is 10.1. The highest BCUT2D eigenvalue weighted by molar-refractivity contribution is 5.92. The van der Waals surface area contributed by atoms with Gasteiger partial charge in [-0.3, -0.25) is 14.5 Å². The van der Waals surface area contributed by atoms with Crippen molar-refractivity contribution in [3.8, 4) is 0 Å². The van der Waals surface area contributed by atoms with Gasteiger partial charge in [-0.2, -0.15) is 0 Å². The van der Waals surface area contributed by atoms with Crippen molar-refractivity contribution in [1.29, 1.82) is 0 Å². The number of carbonyl (C=O) groups excluding carboxylic acids is 2. The Kier molecular flexibility index (Phi) is 6.09. The molecule has 1 fully saturated rings. The second-order valence-electron chi connectivity index (χ2n) is 7.57. The molecule has 4 rings (SSSR count). The van der Waals surface area contributed by atoms with Crippen molar-refractivity contribution in [2.45, 2.75) is 12.8 Å². The summed E-state index contributed by atoms with van der Waals surface area (Å²) in [6.45, 7) is 2.83. The third kappa shape index (κ3) is 4.86. The molecular formula is C23H25FN4O2. The molecule has 0 bridgehead atoms. The molecule has 1 aliphatic heterocycles. The lowest BCUT2D eigenvalue weighted by Crippen LogP contribution is -2.50. The molecule has 0 spiro atoms. The fourth-order valence-corrected chi connectivity index (χ4v) is 3.83. The molecule has 0 aliphatic carbocycles. The number of aryl methyl sites for hydroxylation is 1. The number of hydrogen-bond donors (Lipinski definition) is 2. The molecule has 3 aromatic rings. The number of nitrogens with zero attached hydrogens (tertiary/aromatic N) is 2. The number of aromatic nitrogens is 1. The van der Waals surface area contributed by atoms with E-state index in [1.807, 2.05) is 34.2 Å². The Hall–Kier alpha value is -3.19. The first kappa shape index (κ1) is 20.1. The zero-order valence-electron chi connectivity index (χ0n) is 16.7. The Labute approximate surface area is 174 Å². The van der Waals surface area contributed by atoms with Gasteiger partial charge in [0.25, 0.3) is 0 Å². The Morgan fingerprint density at radius 1 is 1.00 bits per heavy atom. The summed E-state index contributed by atoms with van der Waals surface area (Å²) in [5, 5.41) is 3.94. The Balaban J connectivity index is 1.21. The standard InChI is InChI=1S/C23H25FN4O2/c24-18-6-8-19(9-7-18)26-22(29)16-27-11-13-28(14-12-27)23(30)10-5-17-15-25-21-4-2-1-3-20(17)21/h1-4,6-9,15,25H,5,10-14,16H2,(H,26,29). The number of benzene rings is 2. The minimum atomic E-state index is -0.335. The number of halogens is 1. The Morgan fingerprint density at radius 3 is 2.50 bits per heavy atom. The molecule has 0 saturated carbocycles. The number of hydrogen-bond acceptors (Lipinski definition) is 3. The number of para-hydroxylation sites is 1. The predicted molar refractivity (Wildman–Crippen MR) is 115 cm³/mol. The van der Waals surface area contributed by atoms with Crippen molar-refractivity contribution in [2.75, 3.05) is 38.0 Å². The fraction of sp³-hybridized carbons (Fsp3) is 0.304. The Bertz CT molecular complexity index is 1020. The lowest BCUT2D eigenvalue weighted by Gasteiger charge is -2.34. The summed E-state index contributed by atoms with van der Waals surface area (Å²) < 4.78 is 12.9. The SMILES string of the molecule is O=C(CN1CCN(C(=O)CCc2c[nH]c3ccccc23)CC1)Nc1ccc(F)cc1. The summed E-state index contributed by atoms with van der Waals surface area (Å²) in [5.74, 6) is -0.324. The van der Waals surface area contributed by atoms with Crippen LogP contribution in [0.15, 0.2) is 54.7 Å². The molecule has 1 aromatic heterocycles. The third-order valence-corrected chi connectivity index (χ3v) is 5.50. The van der Waals surface area contributed by atoms with Gasteiger partial charge in [0.15, 0.2) is 0 Å². The van der Waals surface area contributed by atoms with Crippen LogP contribution in [0.25, 0.3) is 10.9 Å². The number of anilines is 1. The van der Waals surface area contributed by atoms with E-state index in [-0.39, 0.29) is 24.2 Å². The van der Waals surface area contributed by atoms with Gasteiger partial charge in [-0.25, -0.2) is 4.39 Å². The fourth-order valence-electron chi connectivity index (χ4n) is 3.83. The highest BCUT2D eigenvalue weighted by Crippen LogP contribution is 2.19. The maximum Gasteiger partial charge on any atom is 0.238 e. The molecule has 0 radical (unpaired) electrons. The van der Waals surface area contributed by atoms with Crippen LogP contribution >= 0.6 is 0 Å². The molecular weight excluding hydrogens is 383 g/mol. The third-order valence-electron chi connectivity index (χ3n) is 5.50. The predicted octanol–water partition coefficient (Wildman–Crippen LogP) is 3.02. The number of amides is 2. The van der Waals surface area contributed by atoms with Crippen molar-refractivity contribution in [1.82, 2.24) is 14.8 Å². The number of nitrogens with one attached hydrogen (secondary N) is 2. The van der Waals surface area contributed by atoms with E-state index >= 15 is 0 Å². The van der Waals surface area contributed by atoms with Gasteiger partial charge in [-0.05, 0) is 42.3 Å². The van der Waals surface area contributed by atoms with Crippen LogP contribution in [0.3, 0.4) is 0 Å². The summed E-state index contributed by atoms with van der Waals surface area (Å²) in [4.78, 5) is 32.0. The minimum Gasteiger partial charge on any atom is -0.361 e. The summed E-state index contributed by atoms with van der Waals surface area (Å²) >= 11 is 0. The number of carbonyl (C=O) groups is 2. The van der Waals surface area contributed by atoms with E-state index in [0.717, 1.165) is 11.1 Å². The molecule has 1 aliphatic rings. The summed E-state index contributed by atoms with van der Waals surface area (Å²) in [7, 11) is 0. The maximum atomic E-state index is 12.9. The van der Waals surface area contributed by atoms with Crippen molar-refractivity contribution in [3.05, 3.63) is 66.1 Å². The van der Waals surface area contributed by atoms with Crippen LogP contribution in [0.5, 0.6) is 0 Å². The molecule has 2 N–H and O–H groups in total. The van der Waals surface area contributed by atoms with Crippen molar-refractivity contribution >= 4 is 28.4 Å². The van der Waals surface area contributed by atoms with E-state index < -0.39 is 0 Å². The van der Waals surface area contributed by atoms with Gasteiger partial charge < -0.3 is 15.2 Å². The number of piperazine rings is 1. The first-order valence-electron chi connectivity index (χ1n) is 10.2. The van der Waals surface area contributed by atoms with Crippen molar-refractivity contribution in [2.24, 2.45) is 0 Å². The highest BCUT2D eigenvalue weighted by Gasteiger charge is 2.22. The highest BCUT2D eigenvalue weighted by atomic mass is 19.1. The van der Waals surface area contributed by atoms with Crippen LogP contribution in [0.4, 0.5) is 10.1 Å². The van der Waals surface area contributed by atoms with Gasteiger partial charge in [0, 0.05) is 55.4 Å². The number of aromatic amines is 1. The molecule has 2 amide bonds. The number of rotatable bonds is 6. The zero-order valence-corrected chi connectivity index (χ0v) is 16.7. The van der Waals surface area contributed by atoms with E-state index in [9.17, 15) is 14.0 Å². The summed E-state index contributed by atoms with van der Waals surface area (Å²) in [6.07, 6.45) is 3.17. The van der Waals surface area contributed by atoms with Crippen molar-refractivity contribution < 1.29 is 14.0 Å². The monoisotopic (exact) mass is 408 g/mol. The van der Waals surface area contributed by atoms with Gasteiger partial charge in [-0.15, -0.1) is 0 Å². The zero-order chi connectivity index (χ0) is 20.9. The normalized spacial score (nSPS) is 14.8. The van der Waals surface area contributed by atoms with Crippen LogP contribution in [0.2, 0.25) is 0 Å². The van der Waals surface area contributed by atoms with Crippen LogP contribution < -0.4 is 5.32 Å². The van der Waals surface area contributed by atoms with E-state index in [4.69, 9.17) is 0 Å². The number of H-pyrrole nitrogens is 1. The quantitative estimate of drug-likeness (QED) is 0.659. The van der Waals surface area contributed by atoms with Gasteiger partial charge in [0.2, 0.25) is 11.8 Å². The van der Waals surface area contributed by atoms with Crippen LogP contribution in [0.1, 0.15) is 12.0 Å². The van der Waals surface area contributed by atoms with Gasteiger partial charge in [-0.1, -0.05) is 18.2 Å². The van der Waals surface area contributed by atoms with Gasteiger partial charge in [0.05, 0.1) is 6.54 Å². The topological polar surface area (TPSA) is 68.4 Å². The second kappa shape index (κ2) is 9.09. The van der Waals surface area contributed by atoms with E-state index in [1.165, 1.54) is 29.7 Å². The smallest absolute Gasteiger partial charge is 0.238 e. The van der Waals surface area contributed by atoms with Crippen LogP contribution in [0, 0.1) is 5.82 Å². The van der Waals surface area contributed by atoms with E-state index in [2.05, 4.69) is 16.4 Å². The molecule has 156 valence electrons. The molecule has 2 aromatic carbocycles. The molecule has 1 saturated heterocycles. The van der Waals surface area contributed by atoms with Crippen LogP contribution in [-0.4, -0.2) is 59.3 Å². The molecule has 0 unspecified atom stereocenters. The molecule has 30 heavy (non-hydrogen) atoms. The second-order valence-corrected chi connectivity index (χ2v) is 7.57. The largest absolute Gasteiger partial charge is 0.361 e. The lowest BCUT2D eigenvalue weighted by molar-refractivity contribution is -0.133. The summed E-state index contributed by atoms with van der Waals surface area (Å²) in [6, 6.07) is 13.8.